The summed E-state index contributed by atoms with van der Waals surface area (Å²) in [5, 5.41) is 15.0. The molecular weight excluding hydrogens is 269 g/mol. The average molecular weight is 283 g/mol. The summed E-state index contributed by atoms with van der Waals surface area (Å²) in [6.45, 7) is 0. The molecule has 2 aromatic rings. The summed E-state index contributed by atoms with van der Waals surface area (Å²) in [5.41, 5.74) is 1.35. The lowest BCUT2D eigenvalue weighted by atomic mass is 10.2. The summed E-state index contributed by atoms with van der Waals surface area (Å²) in [6, 6.07) is 8.19. The topological polar surface area (TPSA) is 73.6 Å². The molecule has 5 nitrogen and oxygen atoms in total. The Morgan fingerprint density at radius 1 is 1.33 bits per heavy atom. The summed E-state index contributed by atoms with van der Waals surface area (Å²) >= 11 is 0. The molecule has 1 fully saturated rings. The van der Waals surface area contributed by atoms with Crippen LogP contribution in [0.1, 0.15) is 30.0 Å². The second-order valence-corrected chi connectivity index (χ2v) is 4.93. The van der Waals surface area contributed by atoms with E-state index in [1.807, 2.05) is 12.1 Å². The van der Waals surface area contributed by atoms with Crippen molar-refractivity contribution >= 4 is 17.5 Å². The van der Waals surface area contributed by atoms with Gasteiger partial charge in [0.1, 0.15) is 23.3 Å². The van der Waals surface area contributed by atoms with Crippen molar-refractivity contribution in [2.24, 2.45) is 0 Å². The first kappa shape index (κ1) is 13.3. The molecule has 1 aliphatic carbocycles. The Morgan fingerprint density at radius 3 is 2.81 bits per heavy atom. The quantitative estimate of drug-likeness (QED) is 0.901. The Labute approximate surface area is 121 Å². The maximum atomic E-state index is 13.6. The molecule has 0 saturated heterocycles. The number of anilines is 3. The van der Waals surface area contributed by atoms with Crippen molar-refractivity contribution < 1.29 is 4.39 Å². The molecular formula is C15H14FN5. The first-order valence-electron chi connectivity index (χ1n) is 6.73. The van der Waals surface area contributed by atoms with E-state index in [-0.39, 0.29) is 5.56 Å². The third-order valence-corrected chi connectivity index (χ3v) is 3.35. The third kappa shape index (κ3) is 2.77. The van der Waals surface area contributed by atoms with Gasteiger partial charge < -0.3 is 10.6 Å². The molecule has 3 rings (SSSR count). The van der Waals surface area contributed by atoms with E-state index in [9.17, 15) is 4.39 Å². The fourth-order valence-corrected chi connectivity index (χ4v) is 2.11. The Hall–Kier alpha value is -2.68. The van der Waals surface area contributed by atoms with Gasteiger partial charge in [0.25, 0.3) is 0 Å². The highest BCUT2D eigenvalue weighted by molar-refractivity contribution is 5.65. The second-order valence-electron chi connectivity index (χ2n) is 4.93. The fourth-order valence-electron chi connectivity index (χ4n) is 2.11. The number of hydrogen-bond acceptors (Lipinski definition) is 5. The van der Waals surface area contributed by atoms with Crippen LogP contribution < -0.4 is 10.6 Å². The van der Waals surface area contributed by atoms with Gasteiger partial charge in [-0.3, -0.25) is 0 Å². The zero-order valence-electron chi connectivity index (χ0n) is 11.5. The Kier molecular flexibility index (Phi) is 3.40. The molecule has 0 unspecified atom stereocenters. The summed E-state index contributed by atoms with van der Waals surface area (Å²) in [6.07, 6.45) is 2.26. The number of nitrogens with one attached hydrogen (secondary N) is 2. The predicted octanol–water partition coefficient (Wildman–Crippen LogP) is 3.15. The smallest absolute Gasteiger partial charge is 0.224 e. The van der Waals surface area contributed by atoms with E-state index >= 15 is 0 Å². The van der Waals surface area contributed by atoms with Gasteiger partial charge in [0.15, 0.2) is 0 Å². The first-order valence-corrected chi connectivity index (χ1v) is 6.73. The molecule has 1 aromatic carbocycles. The normalized spacial score (nSPS) is 13.6. The van der Waals surface area contributed by atoms with Crippen LogP contribution in [0.3, 0.4) is 0 Å². The van der Waals surface area contributed by atoms with Crippen molar-refractivity contribution in [1.82, 2.24) is 9.97 Å². The SMILES string of the molecule is CNc1nc(Nc2cccc(F)c2C#N)cc(C2CC2)n1. The van der Waals surface area contributed by atoms with Gasteiger partial charge in [-0.15, -0.1) is 0 Å². The van der Waals surface area contributed by atoms with Crippen LogP contribution in [0.4, 0.5) is 21.8 Å². The summed E-state index contributed by atoms with van der Waals surface area (Å²) in [5.74, 6) is 0.992. The van der Waals surface area contributed by atoms with Crippen LogP contribution in [-0.4, -0.2) is 17.0 Å². The Bertz CT molecular complexity index is 718. The lowest BCUT2D eigenvalue weighted by molar-refractivity contribution is 0.624. The predicted molar refractivity (Wildman–Crippen MR) is 78.0 cm³/mol. The van der Waals surface area contributed by atoms with E-state index in [1.54, 1.807) is 19.2 Å². The number of aromatic nitrogens is 2. The highest BCUT2D eigenvalue weighted by Gasteiger charge is 2.26. The summed E-state index contributed by atoms with van der Waals surface area (Å²) < 4.78 is 13.6. The largest absolute Gasteiger partial charge is 0.357 e. The van der Waals surface area contributed by atoms with Crippen LogP contribution in [0.5, 0.6) is 0 Å². The summed E-state index contributed by atoms with van der Waals surface area (Å²) in [4.78, 5) is 8.71. The van der Waals surface area contributed by atoms with Gasteiger partial charge in [0.05, 0.1) is 11.4 Å². The molecule has 6 heteroatoms. The second kappa shape index (κ2) is 5.37. The minimum Gasteiger partial charge on any atom is -0.357 e. The maximum Gasteiger partial charge on any atom is 0.224 e. The molecule has 106 valence electrons. The van der Waals surface area contributed by atoms with Crippen LogP contribution >= 0.6 is 0 Å². The fraction of sp³-hybridized carbons (Fsp3) is 0.267. The van der Waals surface area contributed by atoms with E-state index in [2.05, 4.69) is 20.6 Å². The third-order valence-electron chi connectivity index (χ3n) is 3.35. The minimum atomic E-state index is -0.548. The van der Waals surface area contributed by atoms with E-state index in [1.165, 1.54) is 6.07 Å². The molecule has 0 atom stereocenters. The highest BCUT2D eigenvalue weighted by atomic mass is 19.1. The number of nitrogens with zero attached hydrogens (tertiary/aromatic N) is 3. The van der Waals surface area contributed by atoms with Gasteiger partial charge in [-0.1, -0.05) is 6.07 Å². The van der Waals surface area contributed by atoms with Gasteiger partial charge in [-0.05, 0) is 25.0 Å². The molecule has 1 aromatic heterocycles. The molecule has 0 radical (unpaired) electrons. The molecule has 1 saturated carbocycles. The van der Waals surface area contributed by atoms with E-state index in [0.29, 0.717) is 23.4 Å². The molecule has 21 heavy (non-hydrogen) atoms. The number of nitriles is 1. The van der Waals surface area contributed by atoms with Crippen LogP contribution in [0.2, 0.25) is 0 Å². The van der Waals surface area contributed by atoms with Crippen molar-refractivity contribution in [2.75, 3.05) is 17.7 Å². The van der Waals surface area contributed by atoms with Crippen LogP contribution in [0.15, 0.2) is 24.3 Å². The van der Waals surface area contributed by atoms with Crippen LogP contribution in [0, 0.1) is 17.1 Å². The number of halogens is 1. The van der Waals surface area contributed by atoms with Crippen molar-refractivity contribution in [1.29, 1.82) is 5.26 Å². The number of benzene rings is 1. The van der Waals surface area contributed by atoms with Crippen molar-refractivity contribution in [3.8, 4) is 6.07 Å². The van der Waals surface area contributed by atoms with Crippen LogP contribution in [-0.2, 0) is 0 Å². The molecule has 0 spiro atoms. The van der Waals surface area contributed by atoms with Gasteiger partial charge in [0, 0.05) is 19.0 Å². The molecule has 1 aliphatic rings. The Morgan fingerprint density at radius 2 is 2.14 bits per heavy atom. The van der Waals surface area contributed by atoms with Crippen LogP contribution in [0.25, 0.3) is 0 Å². The van der Waals surface area contributed by atoms with E-state index in [4.69, 9.17) is 5.26 Å². The number of rotatable bonds is 4. The minimum absolute atomic E-state index is 0.0184. The number of hydrogen-bond donors (Lipinski definition) is 2. The van der Waals surface area contributed by atoms with Gasteiger partial charge in [-0.2, -0.15) is 10.2 Å². The first-order chi connectivity index (χ1) is 10.2. The van der Waals surface area contributed by atoms with E-state index < -0.39 is 5.82 Å². The van der Waals surface area contributed by atoms with Crippen molar-refractivity contribution in [3.63, 3.8) is 0 Å². The lowest BCUT2D eigenvalue weighted by Gasteiger charge is -2.10. The van der Waals surface area contributed by atoms with Crippen molar-refractivity contribution in [2.45, 2.75) is 18.8 Å². The summed E-state index contributed by atoms with van der Waals surface area (Å²) in [7, 11) is 1.75. The molecule has 0 bridgehead atoms. The standard InChI is InChI=1S/C15H14FN5/c1-18-15-20-13(9-5-6-9)7-14(21-15)19-12-4-2-3-11(16)10(12)8-17/h2-4,7,9H,5-6H2,1H3,(H2,18,19,20,21). The van der Waals surface area contributed by atoms with Gasteiger partial charge in [-0.25, -0.2) is 9.37 Å². The zero-order chi connectivity index (χ0) is 14.8. The lowest BCUT2D eigenvalue weighted by Crippen LogP contribution is -2.04. The van der Waals surface area contributed by atoms with Gasteiger partial charge in [0.2, 0.25) is 5.95 Å². The Balaban J connectivity index is 1.96. The van der Waals surface area contributed by atoms with E-state index in [0.717, 1.165) is 18.5 Å². The molecule has 0 aliphatic heterocycles. The maximum absolute atomic E-state index is 13.6. The highest BCUT2D eigenvalue weighted by Crippen LogP contribution is 2.40. The zero-order valence-corrected chi connectivity index (χ0v) is 11.5. The molecule has 1 heterocycles. The molecule has 2 N–H and O–H groups in total. The monoisotopic (exact) mass is 283 g/mol. The van der Waals surface area contributed by atoms with Crippen molar-refractivity contribution in [3.05, 3.63) is 41.3 Å². The average Bonchev–Trinajstić information content (AvgIpc) is 3.32. The van der Waals surface area contributed by atoms with Gasteiger partial charge >= 0.3 is 0 Å². The molecule has 0 amide bonds.